The normalized spacial score (nSPS) is 17.2. The maximum absolute atomic E-state index is 13.0. The van der Waals surface area contributed by atoms with E-state index in [1.165, 1.54) is 11.3 Å². The van der Waals surface area contributed by atoms with Crippen molar-refractivity contribution in [3.05, 3.63) is 59.6 Å². The van der Waals surface area contributed by atoms with Gasteiger partial charge in [0.05, 0.1) is 23.3 Å². The number of furan rings is 1. The van der Waals surface area contributed by atoms with Crippen molar-refractivity contribution in [3.63, 3.8) is 0 Å². The van der Waals surface area contributed by atoms with Crippen LogP contribution in [0, 0.1) is 0 Å². The number of para-hydroxylation sites is 2. The summed E-state index contributed by atoms with van der Waals surface area (Å²) >= 11 is 1.42. The number of nitrogens with one attached hydrogen (secondary N) is 1. The number of H-pyrrole nitrogens is 1. The lowest BCUT2D eigenvalue weighted by Gasteiger charge is -2.22. The summed E-state index contributed by atoms with van der Waals surface area (Å²) in [4.78, 5) is 27.4. The molecular weight excluding hydrogens is 348 g/mol. The first-order valence-electron chi connectivity index (χ1n) is 8.54. The summed E-state index contributed by atoms with van der Waals surface area (Å²) in [5, 5.41) is 2.52. The molecule has 4 heterocycles. The minimum atomic E-state index is -0.0537. The number of likely N-dealkylation sites (tertiary alicyclic amines) is 1. The van der Waals surface area contributed by atoms with Crippen molar-refractivity contribution in [2.45, 2.75) is 18.9 Å². The summed E-state index contributed by atoms with van der Waals surface area (Å²) in [5.74, 6) is 1.48. The molecule has 1 aliphatic rings. The zero-order valence-electron chi connectivity index (χ0n) is 13.9. The fourth-order valence-corrected chi connectivity index (χ4v) is 4.22. The van der Waals surface area contributed by atoms with E-state index in [1.807, 2.05) is 41.3 Å². The highest BCUT2D eigenvalue weighted by Gasteiger charge is 2.33. The van der Waals surface area contributed by atoms with Gasteiger partial charge in [0.1, 0.15) is 11.5 Å². The average molecular weight is 364 g/mol. The van der Waals surface area contributed by atoms with E-state index in [9.17, 15) is 4.79 Å². The number of benzene rings is 1. The predicted octanol–water partition coefficient (Wildman–Crippen LogP) is 4.26. The van der Waals surface area contributed by atoms with E-state index in [-0.39, 0.29) is 11.9 Å². The van der Waals surface area contributed by atoms with Gasteiger partial charge in [0.15, 0.2) is 10.8 Å². The van der Waals surface area contributed by atoms with Gasteiger partial charge in [-0.25, -0.2) is 9.97 Å². The molecule has 7 heteroatoms. The fraction of sp³-hybridized carbons (Fsp3) is 0.211. The largest absolute Gasteiger partial charge is 0.462 e. The van der Waals surface area contributed by atoms with Crippen molar-refractivity contribution in [2.75, 3.05) is 6.54 Å². The lowest BCUT2D eigenvalue weighted by Crippen LogP contribution is -2.31. The Kier molecular flexibility index (Phi) is 3.60. The monoisotopic (exact) mass is 364 g/mol. The Morgan fingerprint density at radius 2 is 2.15 bits per heavy atom. The third-order valence-corrected chi connectivity index (χ3v) is 5.55. The standard InChI is InChI=1S/C19H16N4O2S/c24-19(14-11-26-18(22-14)16-8-4-10-25-16)23-9-3-7-15(23)17-20-12-5-1-2-6-13(12)21-17/h1-2,4-6,8,10-11,15H,3,7,9H2,(H,20,21). The molecule has 0 aliphatic carbocycles. The lowest BCUT2D eigenvalue weighted by atomic mass is 10.2. The Morgan fingerprint density at radius 1 is 1.23 bits per heavy atom. The number of aromatic nitrogens is 3. The van der Waals surface area contributed by atoms with Crippen molar-refractivity contribution in [2.24, 2.45) is 0 Å². The minimum Gasteiger partial charge on any atom is -0.462 e. The van der Waals surface area contributed by atoms with Crippen LogP contribution in [0.2, 0.25) is 0 Å². The highest BCUT2D eigenvalue weighted by molar-refractivity contribution is 7.13. The molecule has 0 radical (unpaired) electrons. The Morgan fingerprint density at radius 3 is 3.00 bits per heavy atom. The maximum atomic E-state index is 13.0. The third-order valence-electron chi connectivity index (χ3n) is 4.69. The Balaban J connectivity index is 1.44. The van der Waals surface area contributed by atoms with Crippen LogP contribution in [-0.2, 0) is 0 Å². The molecular formula is C19H16N4O2S. The second-order valence-corrected chi connectivity index (χ2v) is 7.17. The zero-order valence-corrected chi connectivity index (χ0v) is 14.7. The molecule has 1 amide bonds. The number of hydrogen-bond acceptors (Lipinski definition) is 5. The highest BCUT2D eigenvalue weighted by Crippen LogP contribution is 2.33. The number of fused-ring (bicyclic) bond motifs is 1. The van der Waals surface area contributed by atoms with Gasteiger partial charge in [0, 0.05) is 11.9 Å². The number of imidazole rings is 1. The molecule has 0 spiro atoms. The van der Waals surface area contributed by atoms with Gasteiger partial charge in [0.25, 0.3) is 5.91 Å². The number of carbonyl (C=O) groups is 1. The van der Waals surface area contributed by atoms with E-state index in [4.69, 9.17) is 4.42 Å². The summed E-state index contributed by atoms with van der Waals surface area (Å²) < 4.78 is 5.37. The van der Waals surface area contributed by atoms with Crippen LogP contribution < -0.4 is 0 Å². The molecule has 1 atom stereocenters. The van der Waals surface area contributed by atoms with Crippen LogP contribution in [0.4, 0.5) is 0 Å². The zero-order chi connectivity index (χ0) is 17.5. The average Bonchev–Trinajstić information content (AvgIpc) is 3.47. The van der Waals surface area contributed by atoms with Gasteiger partial charge in [-0.2, -0.15) is 0 Å². The van der Waals surface area contributed by atoms with Crippen molar-refractivity contribution >= 4 is 28.3 Å². The van der Waals surface area contributed by atoms with E-state index in [2.05, 4.69) is 15.0 Å². The van der Waals surface area contributed by atoms with Gasteiger partial charge in [0.2, 0.25) is 0 Å². The summed E-state index contributed by atoms with van der Waals surface area (Å²) in [7, 11) is 0. The number of hydrogen-bond donors (Lipinski definition) is 1. The molecule has 1 unspecified atom stereocenters. The molecule has 1 N–H and O–H groups in total. The van der Waals surface area contributed by atoms with E-state index in [0.717, 1.165) is 34.7 Å². The van der Waals surface area contributed by atoms with E-state index in [1.54, 1.807) is 11.6 Å². The van der Waals surface area contributed by atoms with Gasteiger partial charge >= 0.3 is 0 Å². The number of amides is 1. The van der Waals surface area contributed by atoms with Gasteiger partial charge in [-0.05, 0) is 37.1 Å². The SMILES string of the molecule is O=C(c1csc(-c2ccco2)n1)N1CCCC1c1nc2ccccc2[nH]1. The van der Waals surface area contributed by atoms with Crippen LogP contribution in [0.3, 0.4) is 0 Å². The summed E-state index contributed by atoms with van der Waals surface area (Å²) in [6, 6.07) is 11.6. The Bertz CT molecular complexity index is 1030. The van der Waals surface area contributed by atoms with Crippen LogP contribution >= 0.6 is 11.3 Å². The van der Waals surface area contributed by atoms with Crippen LogP contribution in [0.15, 0.2) is 52.5 Å². The number of rotatable bonds is 3. The maximum Gasteiger partial charge on any atom is 0.273 e. The highest BCUT2D eigenvalue weighted by atomic mass is 32.1. The van der Waals surface area contributed by atoms with Crippen molar-refractivity contribution in [3.8, 4) is 10.8 Å². The van der Waals surface area contributed by atoms with Gasteiger partial charge < -0.3 is 14.3 Å². The number of thiazole rings is 1. The first kappa shape index (κ1) is 15.3. The molecule has 1 aliphatic heterocycles. The Labute approximate surface area is 153 Å². The molecule has 0 bridgehead atoms. The molecule has 1 aromatic carbocycles. The quantitative estimate of drug-likeness (QED) is 0.589. The summed E-state index contributed by atoms with van der Waals surface area (Å²) in [6.45, 7) is 0.716. The van der Waals surface area contributed by atoms with Crippen LogP contribution in [0.5, 0.6) is 0 Å². The Hall–Kier alpha value is -2.93. The molecule has 5 rings (SSSR count). The molecule has 6 nitrogen and oxygen atoms in total. The molecule has 1 fully saturated rings. The number of aromatic amines is 1. The summed E-state index contributed by atoms with van der Waals surface area (Å²) in [6.07, 6.45) is 3.47. The van der Waals surface area contributed by atoms with Gasteiger partial charge in [-0.15, -0.1) is 11.3 Å². The molecule has 4 aromatic rings. The van der Waals surface area contributed by atoms with Crippen molar-refractivity contribution in [1.82, 2.24) is 19.9 Å². The van der Waals surface area contributed by atoms with Gasteiger partial charge in [-0.1, -0.05) is 12.1 Å². The minimum absolute atomic E-state index is 0.0383. The molecule has 1 saturated heterocycles. The smallest absolute Gasteiger partial charge is 0.273 e. The predicted molar refractivity (Wildman–Crippen MR) is 98.9 cm³/mol. The van der Waals surface area contributed by atoms with E-state index >= 15 is 0 Å². The van der Waals surface area contributed by atoms with Crippen molar-refractivity contribution < 1.29 is 9.21 Å². The molecule has 0 saturated carbocycles. The first-order chi connectivity index (χ1) is 12.8. The van der Waals surface area contributed by atoms with Crippen LogP contribution in [0.1, 0.15) is 35.2 Å². The first-order valence-corrected chi connectivity index (χ1v) is 9.42. The topological polar surface area (TPSA) is 75.0 Å². The molecule has 130 valence electrons. The molecule has 26 heavy (non-hydrogen) atoms. The van der Waals surface area contributed by atoms with Crippen molar-refractivity contribution in [1.29, 1.82) is 0 Å². The van der Waals surface area contributed by atoms with Gasteiger partial charge in [-0.3, -0.25) is 4.79 Å². The van der Waals surface area contributed by atoms with Crippen LogP contribution in [-0.4, -0.2) is 32.3 Å². The lowest BCUT2D eigenvalue weighted by molar-refractivity contribution is 0.0725. The van der Waals surface area contributed by atoms with Crippen LogP contribution in [0.25, 0.3) is 21.8 Å². The second kappa shape index (κ2) is 6.10. The number of carbonyl (C=O) groups excluding carboxylic acids is 1. The third kappa shape index (κ3) is 2.52. The number of nitrogens with zero attached hydrogens (tertiary/aromatic N) is 3. The fourth-order valence-electron chi connectivity index (χ4n) is 3.46. The van der Waals surface area contributed by atoms with E-state index < -0.39 is 0 Å². The summed E-state index contributed by atoms with van der Waals surface area (Å²) in [5.41, 5.74) is 2.38. The second-order valence-electron chi connectivity index (χ2n) is 6.31. The molecule has 3 aromatic heterocycles. The van der Waals surface area contributed by atoms with E-state index in [0.29, 0.717) is 18.0 Å².